The van der Waals surface area contributed by atoms with E-state index in [0.29, 0.717) is 18.4 Å². The Morgan fingerprint density at radius 1 is 1.28 bits per heavy atom. The highest BCUT2D eigenvalue weighted by Crippen LogP contribution is 2.33. The number of likely N-dealkylation sites (tertiary alicyclic amines) is 1. The van der Waals surface area contributed by atoms with Crippen molar-refractivity contribution >= 4 is 5.91 Å². The van der Waals surface area contributed by atoms with Crippen LogP contribution < -0.4 is 4.74 Å². The number of hydrogen-bond acceptors (Lipinski definition) is 4. The van der Waals surface area contributed by atoms with Gasteiger partial charge in [-0.1, -0.05) is 25.5 Å². The molecule has 0 bridgehead atoms. The van der Waals surface area contributed by atoms with Gasteiger partial charge >= 0.3 is 0 Å². The lowest BCUT2D eigenvalue weighted by molar-refractivity contribution is -0.137. The molecular weight excluding hydrogens is 323 g/mol. The molecule has 0 aliphatic carbocycles. The number of rotatable bonds is 3. The number of carbonyl (C=O) groups excluding carboxylic acids is 1. The van der Waals surface area contributed by atoms with Crippen molar-refractivity contribution in [1.82, 2.24) is 9.80 Å². The Balaban J connectivity index is 1.44. The van der Waals surface area contributed by atoms with Gasteiger partial charge in [-0.25, -0.2) is 4.39 Å². The summed E-state index contributed by atoms with van der Waals surface area (Å²) in [6.45, 7) is 7.07. The number of fused-ring (bicyclic) bond motifs is 1. The minimum absolute atomic E-state index is 0.00944. The van der Waals surface area contributed by atoms with Crippen molar-refractivity contribution in [3.63, 3.8) is 0 Å². The van der Waals surface area contributed by atoms with Crippen molar-refractivity contribution in [2.24, 2.45) is 5.92 Å². The van der Waals surface area contributed by atoms with Gasteiger partial charge in [0, 0.05) is 44.2 Å². The highest BCUT2D eigenvalue weighted by Gasteiger charge is 2.42. The van der Waals surface area contributed by atoms with Crippen LogP contribution in [0.3, 0.4) is 0 Å². The minimum Gasteiger partial charge on any atom is -0.477 e. The fourth-order valence-corrected chi connectivity index (χ4v) is 4.33. The molecule has 136 valence electrons. The molecule has 0 saturated carbocycles. The first-order chi connectivity index (χ1) is 12.2. The summed E-state index contributed by atoms with van der Waals surface area (Å²) >= 11 is 0. The molecule has 0 radical (unpaired) electrons. The Kier molecular flexibility index (Phi) is 4.65. The van der Waals surface area contributed by atoms with Crippen LogP contribution in [-0.2, 0) is 16.0 Å². The monoisotopic (exact) mass is 348 g/mol. The quantitative estimate of drug-likeness (QED) is 0.834. The third-order valence-electron chi connectivity index (χ3n) is 5.75. The number of hydrogen-bond donors (Lipinski definition) is 0. The molecule has 0 N–H and O–H groups in total. The number of carbonyl (C=O) groups is 1. The van der Waals surface area contributed by atoms with Crippen LogP contribution in [0, 0.1) is 11.7 Å². The van der Waals surface area contributed by atoms with Crippen LogP contribution in [0.25, 0.3) is 0 Å². The third-order valence-corrected chi connectivity index (χ3v) is 5.75. The van der Waals surface area contributed by atoms with Gasteiger partial charge in [0.25, 0.3) is 5.91 Å². The molecule has 0 unspecified atom stereocenters. The molecule has 3 aliphatic heterocycles. The topological polar surface area (TPSA) is 42.0 Å². The molecule has 3 heterocycles. The van der Waals surface area contributed by atoms with Crippen LogP contribution in [0.5, 0.6) is 5.75 Å². The Hall–Kier alpha value is -1.66. The second-order valence-corrected chi connectivity index (χ2v) is 7.17. The zero-order valence-electron chi connectivity index (χ0n) is 14.6. The highest BCUT2D eigenvalue weighted by molar-refractivity contribution is 5.83. The van der Waals surface area contributed by atoms with E-state index in [2.05, 4.69) is 11.8 Å². The molecule has 5 nitrogen and oxygen atoms in total. The first-order valence-electron chi connectivity index (χ1n) is 9.22. The van der Waals surface area contributed by atoms with Crippen molar-refractivity contribution in [2.45, 2.75) is 31.9 Å². The van der Waals surface area contributed by atoms with Gasteiger partial charge in [0.05, 0.1) is 13.2 Å². The average Bonchev–Trinajstić information content (AvgIpc) is 3.27. The van der Waals surface area contributed by atoms with E-state index < -0.39 is 6.10 Å². The van der Waals surface area contributed by atoms with Crippen molar-refractivity contribution in [3.05, 3.63) is 29.6 Å². The Morgan fingerprint density at radius 2 is 2.08 bits per heavy atom. The van der Waals surface area contributed by atoms with Gasteiger partial charge in [-0.2, -0.15) is 0 Å². The van der Waals surface area contributed by atoms with E-state index in [4.69, 9.17) is 9.47 Å². The van der Waals surface area contributed by atoms with Crippen LogP contribution in [0.1, 0.15) is 18.9 Å². The summed E-state index contributed by atoms with van der Waals surface area (Å²) in [7, 11) is 0. The molecule has 0 aromatic heterocycles. The molecule has 3 aliphatic rings. The molecular formula is C19H25FN2O3. The second kappa shape index (κ2) is 6.92. The third kappa shape index (κ3) is 3.13. The molecule has 1 aromatic carbocycles. The smallest absolute Gasteiger partial charge is 0.264 e. The first kappa shape index (κ1) is 16.8. The number of amides is 1. The predicted octanol–water partition coefficient (Wildman–Crippen LogP) is 1.70. The van der Waals surface area contributed by atoms with Gasteiger partial charge in [0.15, 0.2) is 17.7 Å². The molecule has 0 spiro atoms. The summed E-state index contributed by atoms with van der Waals surface area (Å²) in [5.74, 6) is 0.330. The normalized spacial score (nSPS) is 29.5. The van der Waals surface area contributed by atoms with Gasteiger partial charge in [0.2, 0.25) is 0 Å². The van der Waals surface area contributed by atoms with E-state index in [1.54, 1.807) is 6.07 Å². The van der Waals surface area contributed by atoms with Gasteiger partial charge in [-0.05, 0) is 12.0 Å². The Morgan fingerprint density at radius 3 is 2.80 bits per heavy atom. The van der Waals surface area contributed by atoms with Crippen molar-refractivity contribution in [1.29, 1.82) is 0 Å². The number of para-hydroxylation sites is 1. The van der Waals surface area contributed by atoms with Crippen LogP contribution in [-0.4, -0.2) is 67.2 Å². The van der Waals surface area contributed by atoms with E-state index >= 15 is 0 Å². The van der Waals surface area contributed by atoms with E-state index in [0.717, 1.165) is 51.4 Å². The maximum Gasteiger partial charge on any atom is 0.264 e. The molecule has 1 aromatic rings. The van der Waals surface area contributed by atoms with E-state index in [1.165, 1.54) is 6.07 Å². The molecule has 1 amide bonds. The summed E-state index contributed by atoms with van der Waals surface area (Å²) in [5.41, 5.74) is 0.786. The van der Waals surface area contributed by atoms with Crippen LogP contribution in [0.15, 0.2) is 18.2 Å². The Labute approximate surface area is 147 Å². The first-order valence-corrected chi connectivity index (χ1v) is 9.22. The second-order valence-electron chi connectivity index (χ2n) is 7.17. The van der Waals surface area contributed by atoms with E-state index in [1.807, 2.05) is 11.0 Å². The molecule has 4 rings (SSSR count). The number of halogens is 1. The lowest BCUT2D eigenvalue weighted by Crippen LogP contribution is -2.48. The molecule has 2 saturated heterocycles. The number of ether oxygens (including phenoxy) is 2. The van der Waals surface area contributed by atoms with Crippen LogP contribution in [0.4, 0.5) is 4.39 Å². The predicted molar refractivity (Wildman–Crippen MR) is 91.1 cm³/mol. The average molecular weight is 348 g/mol. The van der Waals surface area contributed by atoms with Crippen LogP contribution in [0.2, 0.25) is 0 Å². The SMILES string of the molecule is CC[C@@H]1CN(C(=O)[C@H]2Cc3cccc(F)c3O2)C[C@@H]1N1CCOCC1. The lowest BCUT2D eigenvalue weighted by atomic mass is 9.99. The summed E-state index contributed by atoms with van der Waals surface area (Å²) in [4.78, 5) is 17.3. The summed E-state index contributed by atoms with van der Waals surface area (Å²) in [5, 5.41) is 0. The lowest BCUT2D eigenvalue weighted by Gasteiger charge is -2.34. The minimum atomic E-state index is -0.590. The summed E-state index contributed by atoms with van der Waals surface area (Å²) < 4.78 is 25.0. The van der Waals surface area contributed by atoms with Gasteiger partial charge < -0.3 is 14.4 Å². The maximum atomic E-state index is 13.9. The fourth-order valence-electron chi connectivity index (χ4n) is 4.33. The van der Waals surface area contributed by atoms with Crippen molar-refractivity contribution in [2.75, 3.05) is 39.4 Å². The fraction of sp³-hybridized carbons (Fsp3) is 0.632. The Bertz CT molecular complexity index is 648. The summed E-state index contributed by atoms with van der Waals surface area (Å²) in [6, 6.07) is 5.27. The highest BCUT2D eigenvalue weighted by atomic mass is 19.1. The molecule has 25 heavy (non-hydrogen) atoms. The van der Waals surface area contributed by atoms with Crippen LogP contribution >= 0.6 is 0 Å². The van der Waals surface area contributed by atoms with Gasteiger partial charge in [0.1, 0.15) is 0 Å². The molecule has 3 atom stereocenters. The zero-order valence-corrected chi connectivity index (χ0v) is 14.6. The maximum absolute atomic E-state index is 13.9. The number of nitrogens with zero attached hydrogens (tertiary/aromatic N) is 2. The molecule has 6 heteroatoms. The van der Waals surface area contributed by atoms with E-state index in [-0.39, 0.29) is 17.5 Å². The van der Waals surface area contributed by atoms with E-state index in [9.17, 15) is 9.18 Å². The number of morpholine rings is 1. The van der Waals surface area contributed by atoms with Gasteiger partial charge in [-0.3, -0.25) is 9.69 Å². The van der Waals surface area contributed by atoms with Gasteiger partial charge in [-0.15, -0.1) is 0 Å². The van der Waals surface area contributed by atoms with Crippen molar-refractivity contribution < 1.29 is 18.7 Å². The zero-order chi connectivity index (χ0) is 17.4. The summed E-state index contributed by atoms with van der Waals surface area (Å²) in [6.07, 6.45) is 0.918. The standard InChI is InChI=1S/C19H25FN2O3/c1-2-13-11-22(12-16(13)21-6-8-24-9-7-21)19(23)17-10-14-4-3-5-15(20)18(14)25-17/h3-5,13,16-17H,2,6-12H2,1H3/t13-,16+,17-/m1/s1. The van der Waals surface area contributed by atoms with Crippen molar-refractivity contribution in [3.8, 4) is 5.75 Å². The largest absolute Gasteiger partial charge is 0.477 e. The number of benzene rings is 1. The molecule has 2 fully saturated rings.